The van der Waals surface area contributed by atoms with Gasteiger partial charge < -0.3 is 9.84 Å². The highest BCUT2D eigenvalue weighted by molar-refractivity contribution is 7.87. The molecule has 0 fully saturated rings. The van der Waals surface area contributed by atoms with Gasteiger partial charge in [-0.15, -0.1) is 0 Å². The molecule has 1 unspecified atom stereocenters. The summed E-state index contributed by atoms with van der Waals surface area (Å²) in [4.78, 5) is 11.0. The molecule has 0 bridgehead atoms. The molecule has 0 radical (unpaired) electrons. The minimum atomic E-state index is -3.75. The first-order chi connectivity index (χ1) is 8.85. The normalized spacial score (nSPS) is 13.7. The maximum atomic E-state index is 11.9. The Morgan fingerprint density at radius 3 is 2.53 bits per heavy atom. The van der Waals surface area contributed by atoms with Crippen LogP contribution in [0.25, 0.3) is 0 Å². The molecule has 114 valence electrons. The van der Waals surface area contributed by atoms with Crippen molar-refractivity contribution in [1.29, 1.82) is 0 Å². The maximum Gasteiger partial charge on any atom is 0.321 e. The largest absolute Gasteiger partial charge is 0.480 e. The number of carboxylic acids is 1. The molecule has 2 N–H and O–H groups in total. The molecule has 0 spiro atoms. The molecular formula is C11H24N2O5S. The maximum absolute atomic E-state index is 11.9. The van der Waals surface area contributed by atoms with E-state index < -0.39 is 22.2 Å². The Labute approximate surface area is 115 Å². The average Bonchev–Trinajstić information content (AvgIpc) is 2.34. The number of aliphatic carboxylic acids is 1. The van der Waals surface area contributed by atoms with Crippen LogP contribution in [0.2, 0.25) is 0 Å². The van der Waals surface area contributed by atoms with Crippen molar-refractivity contribution in [2.45, 2.75) is 38.6 Å². The van der Waals surface area contributed by atoms with E-state index in [0.717, 1.165) is 17.1 Å². The minimum absolute atomic E-state index is 0.198. The molecule has 0 amide bonds. The Hall–Kier alpha value is -0.700. The highest BCUT2D eigenvalue weighted by Gasteiger charge is 2.26. The molecule has 0 saturated carbocycles. The van der Waals surface area contributed by atoms with Crippen molar-refractivity contribution in [1.82, 2.24) is 9.03 Å². The van der Waals surface area contributed by atoms with Gasteiger partial charge >= 0.3 is 5.97 Å². The Bertz CT molecular complexity index is 358. The first-order valence-corrected chi connectivity index (χ1v) is 7.74. The van der Waals surface area contributed by atoms with Crippen LogP contribution >= 0.6 is 0 Å². The van der Waals surface area contributed by atoms with Crippen LogP contribution in [-0.4, -0.2) is 57.1 Å². The molecule has 0 saturated heterocycles. The Morgan fingerprint density at radius 1 is 1.42 bits per heavy atom. The van der Waals surface area contributed by atoms with Crippen LogP contribution in [0.5, 0.6) is 0 Å². The fourth-order valence-corrected chi connectivity index (χ4v) is 2.56. The van der Waals surface area contributed by atoms with Crippen molar-refractivity contribution in [2.75, 3.05) is 27.3 Å². The number of carboxylic acid groups (broad SMARTS) is 1. The Balaban J connectivity index is 4.50. The van der Waals surface area contributed by atoms with E-state index in [1.165, 1.54) is 14.2 Å². The lowest BCUT2D eigenvalue weighted by Gasteiger charge is -2.21. The second-order valence-electron chi connectivity index (χ2n) is 4.32. The number of nitrogens with zero attached hydrogens (tertiary/aromatic N) is 1. The summed E-state index contributed by atoms with van der Waals surface area (Å²) in [6, 6.07) is -1.12. The van der Waals surface area contributed by atoms with E-state index in [1.54, 1.807) is 0 Å². The summed E-state index contributed by atoms with van der Waals surface area (Å²) in [6.07, 6.45) is 2.29. The van der Waals surface area contributed by atoms with Gasteiger partial charge in [-0.3, -0.25) is 4.79 Å². The van der Waals surface area contributed by atoms with Gasteiger partial charge in [-0.1, -0.05) is 13.3 Å². The first-order valence-electron chi connectivity index (χ1n) is 6.30. The molecular weight excluding hydrogens is 272 g/mol. The van der Waals surface area contributed by atoms with E-state index in [9.17, 15) is 13.2 Å². The molecule has 0 aromatic rings. The van der Waals surface area contributed by atoms with Crippen LogP contribution in [0.3, 0.4) is 0 Å². The summed E-state index contributed by atoms with van der Waals surface area (Å²) in [5.74, 6) is -1.18. The molecule has 1 atom stereocenters. The molecule has 8 heteroatoms. The van der Waals surface area contributed by atoms with E-state index in [4.69, 9.17) is 9.84 Å². The predicted octanol–water partition coefficient (Wildman–Crippen LogP) is 0.433. The average molecular weight is 296 g/mol. The quantitative estimate of drug-likeness (QED) is 0.539. The number of hydrogen-bond donors (Lipinski definition) is 2. The van der Waals surface area contributed by atoms with E-state index in [-0.39, 0.29) is 6.42 Å². The number of methoxy groups -OCH3 is 1. The van der Waals surface area contributed by atoms with E-state index in [0.29, 0.717) is 19.6 Å². The van der Waals surface area contributed by atoms with Gasteiger partial charge in [-0.25, -0.2) is 0 Å². The Morgan fingerprint density at radius 2 is 2.05 bits per heavy atom. The van der Waals surface area contributed by atoms with E-state index in [2.05, 4.69) is 4.72 Å². The molecule has 0 aliphatic carbocycles. The fraction of sp³-hybridized carbons (Fsp3) is 0.909. The van der Waals surface area contributed by atoms with Crippen molar-refractivity contribution in [2.24, 2.45) is 0 Å². The fourth-order valence-electron chi connectivity index (χ4n) is 1.44. The number of rotatable bonds is 11. The zero-order valence-corrected chi connectivity index (χ0v) is 12.6. The van der Waals surface area contributed by atoms with Crippen molar-refractivity contribution in [3.63, 3.8) is 0 Å². The number of unbranched alkanes of at least 4 members (excludes halogenated alkanes) is 1. The second kappa shape index (κ2) is 9.24. The van der Waals surface area contributed by atoms with Crippen molar-refractivity contribution >= 4 is 16.2 Å². The third-order valence-corrected chi connectivity index (χ3v) is 4.25. The summed E-state index contributed by atoms with van der Waals surface area (Å²) >= 11 is 0. The van der Waals surface area contributed by atoms with E-state index in [1.807, 2.05) is 6.92 Å². The smallest absolute Gasteiger partial charge is 0.321 e. The number of ether oxygens (including phenoxy) is 1. The highest BCUT2D eigenvalue weighted by Crippen LogP contribution is 2.04. The molecule has 0 rings (SSSR count). The van der Waals surface area contributed by atoms with Gasteiger partial charge in [0, 0.05) is 27.3 Å². The van der Waals surface area contributed by atoms with Gasteiger partial charge in [0.25, 0.3) is 10.2 Å². The van der Waals surface area contributed by atoms with Crippen LogP contribution in [-0.2, 0) is 19.7 Å². The molecule has 0 aliphatic heterocycles. The number of carbonyl (C=O) groups is 1. The lowest BCUT2D eigenvalue weighted by Crippen LogP contribution is -2.47. The topological polar surface area (TPSA) is 95.9 Å². The lowest BCUT2D eigenvalue weighted by molar-refractivity contribution is -0.139. The summed E-state index contributed by atoms with van der Waals surface area (Å²) in [7, 11) is -0.803. The van der Waals surface area contributed by atoms with Crippen molar-refractivity contribution in [3.8, 4) is 0 Å². The van der Waals surface area contributed by atoms with Gasteiger partial charge in [0.2, 0.25) is 0 Å². The second-order valence-corrected chi connectivity index (χ2v) is 6.13. The van der Waals surface area contributed by atoms with Gasteiger partial charge in [0.05, 0.1) is 0 Å². The van der Waals surface area contributed by atoms with Crippen LogP contribution in [0.15, 0.2) is 0 Å². The molecule has 0 heterocycles. The number of nitrogens with one attached hydrogen (secondary N) is 1. The predicted molar refractivity (Wildman–Crippen MR) is 72.1 cm³/mol. The lowest BCUT2D eigenvalue weighted by atomic mass is 10.2. The standard InChI is InChI=1S/C11H24N2O5S/c1-4-5-8-13(2)19(16,17)12-10(11(14)15)7-6-9-18-3/h10,12H,4-9H2,1-3H3,(H,14,15). The minimum Gasteiger partial charge on any atom is -0.480 e. The monoisotopic (exact) mass is 296 g/mol. The van der Waals surface area contributed by atoms with Crippen LogP contribution in [0.1, 0.15) is 32.6 Å². The van der Waals surface area contributed by atoms with Gasteiger partial charge in [-0.2, -0.15) is 17.4 Å². The van der Waals surface area contributed by atoms with Crippen molar-refractivity contribution in [3.05, 3.63) is 0 Å². The van der Waals surface area contributed by atoms with Crippen LogP contribution < -0.4 is 4.72 Å². The molecule has 0 aliphatic rings. The van der Waals surface area contributed by atoms with Crippen molar-refractivity contribution < 1.29 is 23.1 Å². The summed E-state index contributed by atoms with van der Waals surface area (Å²) in [5.41, 5.74) is 0. The third-order valence-electron chi connectivity index (χ3n) is 2.67. The van der Waals surface area contributed by atoms with Gasteiger partial charge in [0.15, 0.2) is 0 Å². The SMILES string of the molecule is CCCCN(C)S(=O)(=O)NC(CCCOC)C(=O)O. The summed E-state index contributed by atoms with van der Waals surface area (Å²) in [6.45, 7) is 2.73. The molecule has 0 aromatic carbocycles. The van der Waals surface area contributed by atoms with Crippen LogP contribution in [0.4, 0.5) is 0 Å². The third kappa shape index (κ3) is 7.46. The first kappa shape index (κ1) is 18.3. The molecule has 0 aromatic heterocycles. The van der Waals surface area contributed by atoms with Gasteiger partial charge in [0.1, 0.15) is 6.04 Å². The van der Waals surface area contributed by atoms with E-state index >= 15 is 0 Å². The molecule has 7 nitrogen and oxygen atoms in total. The number of hydrogen-bond acceptors (Lipinski definition) is 4. The Kier molecular flexibility index (Phi) is 8.90. The summed E-state index contributed by atoms with van der Waals surface area (Å²) < 4.78 is 32.0. The zero-order valence-electron chi connectivity index (χ0n) is 11.8. The molecule has 19 heavy (non-hydrogen) atoms. The summed E-state index contributed by atoms with van der Waals surface area (Å²) in [5, 5.41) is 9.01. The highest BCUT2D eigenvalue weighted by atomic mass is 32.2. The van der Waals surface area contributed by atoms with Crippen LogP contribution in [0, 0.1) is 0 Å². The van der Waals surface area contributed by atoms with Gasteiger partial charge in [-0.05, 0) is 19.3 Å². The zero-order chi connectivity index (χ0) is 14.9.